The Balaban J connectivity index is 2.00. The van der Waals surface area contributed by atoms with Crippen molar-refractivity contribution in [2.45, 2.75) is 32.1 Å². The van der Waals surface area contributed by atoms with E-state index < -0.39 is 6.10 Å². The van der Waals surface area contributed by atoms with Gasteiger partial charge in [0.1, 0.15) is 11.9 Å². The van der Waals surface area contributed by atoms with Crippen LogP contribution in [-0.4, -0.2) is 10.9 Å². The summed E-state index contributed by atoms with van der Waals surface area (Å²) in [5.41, 5.74) is 3.84. The van der Waals surface area contributed by atoms with Crippen LogP contribution in [-0.2, 0) is 12.2 Å². The lowest BCUT2D eigenvalue weighted by molar-refractivity contribution is 0.222. The van der Waals surface area contributed by atoms with Gasteiger partial charge in [0.05, 0.1) is 0 Å². The largest absolute Gasteiger partial charge is 0.383 e. The van der Waals surface area contributed by atoms with Crippen LogP contribution in [0.25, 0.3) is 0 Å². The topological polar surface area (TPSA) is 20.2 Å². The van der Waals surface area contributed by atoms with Crippen molar-refractivity contribution in [1.29, 1.82) is 0 Å². The molecule has 3 rings (SSSR count). The minimum Gasteiger partial charge on any atom is -0.383 e. The first-order chi connectivity index (χ1) is 9.56. The average Bonchev–Trinajstić information content (AvgIpc) is 2.81. The molecule has 0 saturated carbocycles. The third-order valence-corrected chi connectivity index (χ3v) is 6.05. The van der Waals surface area contributed by atoms with Crippen molar-refractivity contribution < 1.29 is 9.50 Å². The van der Waals surface area contributed by atoms with Crippen LogP contribution >= 0.6 is 23.1 Å². The molecule has 4 heteroatoms. The molecule has 1 aliphatic heterocycles. The summed E-state index contributed by atoms with van der Waals surface area (Å²) in [6.07, 6.45) is 0.454. The Morgan fingerprint density at radius 3 is 2.55 bits per heavy atom. The monoisotopic (exact) mass is 308 g/mol. The smallest absolute Gasteiger partial charge is 0.123 e. The van der Waals surface area contributed by atoms with Crippen LogP contribution in [0.1, 0.15) is 38.1 Å². The van der Waals surface area contributed by atoms with Crippen molar-refractivity contribution in [2.75, 3.05) is 5.75 Å². The highest BCUT2D eigenvalue weighted by Gasteiger charge is 2.21. The fourth-order valence-electron chi connectivity index (χ4n) is 2.80. The Morgan fingerprint density at radius 1 is 1.20 bits per heavy atom. The van der Waals surface area contributed by atoms with Gasteiger partial charge in [-0.2, -0.15) is 11.8 Å². The van der Waals surface area contributed by atoms with Crippen LogP contribution < -0.4 is 0 Å². The molecule has 1 N–H and O–H groups in total. The number of hydrogen-bond acceptors (Lipinski definition) is 3. The van der Waals surface area contributed by atoms with E-state index >= 15 is 0 Å². The van der Waals surface area contributed by atoms with Crippen LogP contribution in [0.3, 0.4) is 0 Å². The molecule has 0 bridgehead atoms. The Kier molecular flexibility index (Phi) is 3.89. The van der Waals surface area contributed by atoms with E-state index in [1.165, 1.54) is 22.6 Å². The van der Waals surface area contributed by atoms with Gasteiger partial charge in [-0.05, 0) is 66.5 Å². The number of thioether (sulfide) groups is 1. The second kappa shape index (κ2) is 5.51. The van der Waals surface area contributed by atoms with Crippen molar-refractivity contribution in [1.82, 2.24) is 0 Å². The third-order valence-electron chi connectivity index (χ3n) is 3.75. The Bertz CT molecular complexity index is 601. The van der Waals surface area contributed by atoms with E-state index in [1.54, 1.807) is 11.3 Å². The second-order valence-corrected chi connectivity index (χ2v) is 7.53. The molecule has 0 amide bonds. The fourth-order valence-corrected chi connectivity index (χ4v) is 5.17. The molecule has 0 radical (unpaired) electrons. The third kappa shape index (κ3) is 2.52. The predicted molar refractivity (Wildman–Crippen MR) is 84.1 cm³/mol. The molecule has 2 aromatic rings. The number of aryl methyl sites for hydroxylation is 3. The summed E-state index contributed by atoms with van der Waals surface area (Å²) < 4.78 is 13.4. The first-order valence-electron chi connectivity index (χ1n) is 6.70. The van der Waals surface area contributed by atoms with Crippen LogP contribution in [0.4, 0.5) is 4.39 Å². The van der Waals surface area contributed by atoms with E-state index in [2.05, 4.69) is 6.07 Å². The van der Waals surface area contributed by atoms with Gasteiger partial charge >= 0.3 is 0 Å². The number of benzene rings is 1. The minimum atomic E-state index is -0.642. The fraction of sp³-hybridized carbons (Fsp3) is 0.375. The number of rotatable bonds is 2. The van der Waals surface area contributed by atoms with Gasteiger partial charge in [0, 0.05) is 15.5 Å². The number of thiophene rings is 1. The molecule has 1 atom stereocenters. The van der Waals surface area contributed by atoms with E-state index in [0.29, 0.717) is 0 Å². The van der Waals surface area contributed by atoms with Crippen molar-refractivity contribution in [3.05, 3.63) is 56.0 Å². The molecular weight excluding hydrogens is 291 g/mol. The summed E-state index contributed by atoms with van der Waals surface area (Å²) in [5.74, 6) is 1.97. The molecule has 1 aromatic carbocycles. The van der Waals surface area contributed by atoms with Crippen molar-refractivity contribution in [3.8, 4) is 0 Å². The van der Waals surface area contributed by atoms with Crippen molar-refractivity contribution >= 4 is 23.1 Å². The highest BCUT2D eigenvalue weighted by Crippen LogP contribution is 2.38. The van der Waals surface area contributed by atoms with E-state index in [1.807, 2.05) is 25.6 Å². The Labute approximate surface area is 126 Å². The molecule has 2 heterocycles. The predicted octanol–water partition coefficient (Wildman–Crippen LogP) is 4.38. The average molecular weight is 308 g/mol. The molecular formula is C16H17FOS2. The molecule has 20 heavy (non-hydrogen) atoms. The Hall–Kier alpha value is -0.840. The number of halogens is 1. The van der Waals surface area contributed by atoms with E-state index in [9.17, 15) is 9.50 Å². The normalized spacial score (nSPS) is 16.0. The zero-order valence-electron chi connectivity index (χ0n) is 11.6. The summed E-state index contributed by atoms with van der Waals surface area (Å²) in [5, 5.41) is 10.7. The molecule has 0 spiro atoms. The zero-order valence-corrected chi connectivity index (χ0v) is 13.2. The summed E-state index contributed by atoms with van der Waals surface area (Å²) >= 11 is 3.64. The van der Waals surface area contributed by atoms with E-state index in [-0.39, 0.29) is 5.82 Å². The first kappa shape index (κ1) is 14.1. The van der Waals surface area contributed by atoms with Crippen molar-refractivity contribution in [3.63, 3.8) is 0 Å². The highest BCUT2D eigenvalue weighted by atomic mass is 32.2. The second-order valence-electron chi connectivity index (χ2n) is 5.26. The summed E-state index contributed by atoms with van der Waals surface area (Å²) in [7, 11) is 0. The van der Waals surface area contributed by atoms with Crippen LogP contribution in [0, 0.1) is 19.7 Å². The maximum Gasteiger partial charge on any atom is 0.123 e. The lowest BCUT2D eigenvalue weighted by Gasteiger charge is -2.15. The Morgan fingerprint density at radius 2 is 1.90 bits per heavy atom. The quantitative estimate of drug-likeness (QED) is 0.888. The van der Waals surface area contributed by atoms with Gasteiger partial charge in [-0.3, -0.25) is 0 Å². The van der Waals surface area contributed by atoms with E-state index in [0.717, 1.165) is 39.5 Å². The number of fused-ring (bicyclic) bond motifs is 1. The number of aliphatic hydroxyl groups excluding tert-OH is 1. The van der Waals surface area contributed by atoms with Gasteiger partial charge in [0.25, 0.3) is 0 Å². The van der Waals surface area contributed by atoms with Crippen LogP contribution in [0.5, 0.6) is 0 Å². The van der Waals surface area contributed by atoms with Crippen LogP contribution in [0.15, 0.2) is 18.2 Å². The summed E-state index contributed by atoms with van der Waals surface area (Å²) in [6.45, 7) is 3.72. The number of aliphatic hydroxyl groups is 1. The zero-order chi connectivity index (χ0) is 14.3. The number of hydrogen-bond donors (Lipinski definition) is 1. The SMILES string of the molecule is Cc1cc(F)cc(C)c1C(O)c1cc2c(s1)CCSC2. The molecule has 1 nitrogen and oxygen atoms in total. The van der Waals surface area contributed by atoms with E-state index in [4.69, 9.17) is 0 Å². The van der Waals surface area contributed by atoms with Crippen LogP contribution in [0.2, 0.25) is 0 Å². The first-order valence-corrected chi connectivity index (χ1v) is 8.67. The standard InChI is InChI=1S/C16H17FOS2/c1-9-5-12(17)6-10(2)15(9)16(18)14-7-11-8-19-4-3-13(11)20-14/h5-7,16,18H,3-4,8H2,1-2H3. The maximum atomic E-state index is 13.4. The molecule has 0 saturated heterocycles. The highest BCUT2D eigenvalue weighted by molar-refractivity contribution is 7.98. The van der Waals surface area contributed by atoms with Crippen molar-refractivity contribution in [2.24, 2.45) is 0 Å². The molecule has 1 unspecified atom stereocenters. The molecule has 0 aliphatic carbocycles. The lowest BCUT2D eigenvalue weighted by atomic mass is 9.96. The van der Waals surface area contributed by atoms with Gasteiger partial charge in [-0.15, -0.1) is 11.3 Å². The molecule has 1 aliphatic rings. The van der Waals surface area contributed by atoms with Gasteiger partial charge in [-0.1, -0.05) is 0 Å². The lowest BCUT2D eigenvalue weighted by Crippen LogP contribution is -2.03. The van der Waals surface area contributed by atoms with Gasteiger partial charge in [0.15, 0.2) is 0 Å². The van der Waals surface area contributed by atoms with Gasteiger partial charge < -0.3 is 5.11 Å². The summed E-state index contributed by atoms with van der Waals surface area (Å²) in [6, 6.07) is 5.11. The summed E-state index contributed by atoms with van der Waals surface area (Å²) in [4.78, 5) is 2.38. The molecule has 106 valence electrons. The molecule has 0 fully saturated rings. The minimum absolute atomic E-state index is 0.238. The van der Waals surface area contributed by atoms with Gasteiger partial charge in [-0.25, -0.2) is 4.39 Å². The van der Waals surface area contributed by atoms with Gasteiger partial charge in [0.2, 0.25) is 0 Å². The molecule has 1 aromatic heterocycles. The maximum absolute atomic E-state index is 13.4.